The maximum absolute atomic E-state index is 13.4. The summed E-state index contributed by atoms with van der Waals surface area (Å²) in [6.07, 6.45) is 7.56. The van der Waals surface area contributed by atoms with E-state index in [1.54, 1.807) is 41.6 Å². The van der Waals surface area contributed by atoms with Gasteiger partial charge in [-0.05, 0) is 38.0 Å². The molecule has 3 N–H and O–H groups in total. The van der Waals surface area contributed by atoms with E-state index in [0.29, 0.717) is 17.0 Å². The molecule has 3 atom stereocenters. The van der Waals surface area contributed by atoms with Crippen molar-refractivity contribution in [1.29, 1.82) is 0 Å². The first-order chi connectivity index (χ1) is 19.5. The summed E-state index contributed by atoms with van der Waals surface area (Å²) in [6, 6.07) is 4.55. The van der Waals surface area contributed by atoms with Gasteiger partial charge in [-0.2, -0.15) is 4.31 Å². The maximum atomic E-state index is 13.4. The number of aliphatic hydroxyl groups is 1. The molecule has 226 valence electrons. The molecule has 1 fully saturated rings. The fourth-order valence-electron chi connectivity index (χ4n) is 5.36. The molecule has 1 aromatic heterocycles. The van der Waals surface area contributed by atoms with Crippen LogP contribution in [0.4, 0.5) is 10.5 Å². The average Bonchev–Trinajstić information content (AvgIpc) is 3.40. The van der Waals surface area contributed by atoms with E-state index in [1.165, 1.54) is 30.3 Å². The van der Waals surface area contributed by atoms with Gasteiger partial charge in [0.05, 0.1) is 31.9 Å². The molecule has 2 aromatic rings. The second-order valence-electron chi connectivity index (χ2n) is 11.3. The first kappa shape index (κ1) is 30.8. The SMILES string of the molecule is C[C@H]1CN([C@@H](C)CO)C(=O)Cc2cc(NC(=O)NC3CCCCC3)ccc2O[C@H]1CN(C)S(=O)(=O)c1cn(C)cn1. The molecule has 3 amide bonds. The van der Waals surface area contributed by atoms with Crippen LogP contribution in [0.2, 0.25) is 0 Å². The molecule has 13 heteroatoms. The van der Waals surface area contributed by atoms with Gasteiger partial charge in [0.1, 0.15) is 11.9 Å². The van der Waals surface area contributed by atoms with Gasteiger partial charge in [-0.15, -0.1) is 0 Å². The summed E-state index contributed by atoms with van der Waals surface area (Å²) in [5, 5.41) is 15.7. The smallest absolute Gasteiger partial charge is 0.319 e. The highest BCUT2D eigenvalue weighted by atomic mass is 32.2. The minimum Gasteiger partial charge on any atom is -0.488 e. The van der Waals surface area contributed by atoms with Crippen molar-refractivity contribution in [2.24, 2.45) is 13.0 Å². The second kappa shape index (κ2) is 13.2. The minimum atomic E-state index is -3.88. The number of sulfonamides is 1. The molecule has 0 radical (unpaired) electrons. The van der Waals surface area contributed by atoms with Gasteiger partial charge in [0, 0.05) is 50.0 Å². The fourth-order valence-corrected chi connectivity index (χ4v) is 6.50. The first-order valence-electron chi connectivity index (χ1n) is 14.2. The lowest BCUT2D eigenvalue weighted by molar-refractivity contribution is -0.134. The van der Waals surface area contributed by atoms with Crippen LogP contribution in [-0.4, -0.2) is 89.2 Å². The van der Waals surface area contributed by atoms with E-state index in [9.17, 15) is 23.1 Å². The summed E-state index contributed by atoms with van der Waals surface area (Å²) in [5.41, 5.74) is 1.09. The van der Waals surface area contributed by atoms with Crippen molar-refractivity contribution < 1.29 is 27.9 Å². The molecule has 0 spiro atoms. The Morgan fingerprint density at radius 2 is 2.00 bits per heavy atom. The molecule has 0 bridgehead atoms. The Bertz CT molecular complexity index is 1330. The van der Waals surface area contributed by atoms with Gasteiger partial charge in [0.2, 0.25) is 5.91 Å². The molecule has 12 nitrogen and oxygen atoms in total. The van der Waals surface area contributed by atoms with Gasteiger partial charge in [0.15, 0.2) is 5.03 Å². The van der Waals surface area contributed by atoms with Crippen LogP contribution in [0.3, 0.4) is 0 Å². The van der Waals surface area contributed by atoms with E-state index in [2.05, 4.69) is 15.6 Å². The highest BCUT2D eigenvalue weighted by Gasteiger charge is 2.34. The molecule has 1 aromatic carbocycles. The number of aromatic nitrogens is 2. The van der Waals surface area contributed by atoms with Crippen molar-refractivity contribution in [3.05, 3.63) is 36.3 Å². The zero-order valence-corrected chi connectivity index (χ0v) is 25.1. The monoisotopic (exact) mass is 590 g/mol. The number of urea groups is 1. The molecule has 2 heterocycles. The summed E-state index contributed by atoms with van der Waals surface area (Å²) >= 11 is 0. The number of hydrogen-bond donors (Lipinski definition) is 3. The fraction of sp³-hybridized carbons (Fsp3) is 0.607. The Morgan fingerprint density at radius 3 is 2.66 bits per heavy atom. The Morgan fingerprint density at radius 1 is 1.27 bits per heavy atom. The Kier molecular flexibility index (Phi) is 9.92. The molecule has 0 saturated heterocycles. The van der Waals surface area contributed by atoms with Crippen molar-refractivity contribution in [2.75, 3.05) is 32.1 Å². The quantitative estimate of drug-likeness (QED) is 0.428. The number of fused-ring (bicyclic) bond motifs is 1. The number of aliphatic hydroxyl groups excluding tert-OH is 1. The number of hydrogen-bond acceptors (Lipinski definition) is 7. The number of carbonyl (C=O) groups excluding carboxylic acids is 2. The molecule has 1 aliphatic carbocycles. The number of benzene rings is 1. The lowest BCUT2D eigenvalue weighted by Gasteiger charge is -2.33. The summed E-state index contributed by atoms with van der Waals surface area (Å²) in [4.78, 5) is 31.7. The van der Waals surface area contributed by atoms with Crippen molar-refractivity contribution >= 4 is 27.6 Å². The van der Waals surface area contributed by atoms with Gasteiger partial charge in [-0.25, -0.2) is 18.2 Å². The van der Waals surface area contributed by atoms with Crippen LogP contribution < -0.4 is 15.4 Å². The number of carbonyl (C=O) groups is 2. The van der Waals surface area contributed by atoms with Gasteiger partial charge < -0.3 is 29.9 Å². The van der Waals surface area contributed by atoms with Crippen LogP contribution in [-0.2, 0) is 28.3 Å². The summed E-state index contributed by atoms with van der Waals surface area (Å²) in [5.74, 6) is -0.0305. The Balaban J connectivity index is 1.59. The highest BCUT2D eigenvalue weighted by Crippen LogP contribution is 2.30. The van der Waals surface area contributed by atoms with Gasteiger partial charge in [0.25, 0.3) is 10.0 Å². The van der Waals surface area contributed by atoms with E-state index >= 15 is 0 Å². The van der Waals surface area contributed by atoms with E-state index < -0.39 is 22.2 Å². The molecule has 41 heavy (non-hydrogen) atoms. The number of amides is 3. The third-order valence-electron chi connectivity index (χ3n) is 7.91. The largest absolute Gasteiger partial charge is 0.488 e. The van der Waals surface area contributed by atoms with Crippen LogP contribution in [0.5, 0.6) is 5.75 Å². The van der Waals surface area contributed by atoms with Crippen molar-refractivity contribution in [3.63, 3.8) is 0 Å². The lowest BCUT2D eigenvalue weighted by Crippen LogP contribution is -2.48. The number of imidazole rings is 1. The Hall–Kier alpha value is -3.16. The van der Waals surface area contributed by atoms with Gasteiger partial charge in [-0.3, -0.25) is 4.79 Å². The van der Waals surface area contributed by atoms with Crippen LogP contribution in [0.1, 0.15) is 51.5 Å². The topological polar surface area (TPSA) is 146 Å². The molecule has 1 aliphatic heterocycles. The van der Waals surface area contributed by atoms with Crippen LogP contribution in [0.25, 0.3) is 0 Å². The maximum Gasteiger partial charge on any atom is 0.319 e. The second-order valence-corrected chi connectivity index (χ2v) is 13.3. The predicted octanol–water partition coefficient (Wildman–Crippen LogP) is 2.34. The molecule has 0 unspecified atom stereocenters. The van der Waals surface area contributed by atoms with Crippen LogP contribution >= 0.6 is 0 Å². The summed E-state index contributed by atoms with van der Waals surface area (Å²) in [6.45, 7) is 3.73. The number of likely N-dealkylation sites (N-methyl/N-ethyl adjacent to an activating group) is 1. The van der Waals surface area contributed by atoms with E-state index in [0.717, 1.165) is 25.7 Å². The molecular weight excluding hydrogens is 548 g/mol. The van der Waals surface area contributed by atoms with Crippen LogP contribution in [0, 0.1) is 5.92 Å². The number of aryl methyl sites for hydroxylation is 1. The van der Waals surface area contributed by atoms with Gasteiger partial charge >= 0.3 is 6.03 Å². The minimum absolute atomic E-state index is 0.000943. The average molecular weight is 591 g/mol. The van der Waals surface area contributed by atoms with E-state index in [4.69, 9.17) is 4.74 Å². The van der Waals surface area contributed by atoms with Crippen LogP contribution in [0.15, 0.2) is 35.7 Å². The normalized spacial score (nSPS) is 21.3. The number of anilines is 1. The summed E-state index contributed by atoms with van der Waals surface area (Å²) in [7, 11) is -0.705. The zero-order valence-electron chi connectivity index (χ0n) is 24.2. The van der Waals surface area contributed by atoms with Gasteiger partial charge in [-0.1, -0.05) is 26.2 Å². The highest BCUT2D eigenvalue weighted by molar-refractivity contribution is 7.89. The van der Waals surface area contributed by atoms with Crippen molar-refractivity contribution in [1.82, 2.24) is 24.1 Å². The third-order valence-corrected chi connectivity index (χ3v) is 9.62. The standard InChI is InChI=1S/C28H42N6O6S/c1-19-14-34(20(2)17-35)27(36)13-21-12-23(31-28(37)30-22-8-6-5-7-9-22)10-11-24(21)40-25(19)15-33(4)41(38,39)26-16-32(3)18-29-26/h10-12,16,18-20,22,25,35H,5-9,13-15,17H2,1-4H3,(H2,30,31,37)/t19-,20-,25-/m0/s1. The molecule has 1 saturated carbocycles. The Labute approximate surface area is 242 Å². The van der Waals surface area contributed by atoms with Crippen molar-refractivity contribution in [2.45, 2.75) is 75.6 Å². The van der Waals surface area contributed by atoms with Crippen molar-refractivity contribution in [3.8, 4) is 5.75 Å². The molecule has 4 rings (SSSR count). The number of nitrogens with one attached hydrogen (secondary N) is 2. The number of rotatable bonds is 8. The number of ether oxygens (including phenoxy) is 1. The first-order valence-corrected chi connectivity index (χ1v) is 15.6. The van der Waals surface area contributed by atoms with E-state index in [-0.39, 0.29) is 55.0 Å². The number of nitrogens with zero attached hydrogens (tertiary/aromatic N) is 4. The van der Waals surface area contributed by atoms with E-state index in [1.807, 2.05) is 6.92 Å². The third kappa shape index (κ3) is 7.57. The zero-order chi connectivity index (χ0) is 29.7. The molecule has 2 aliphatic rings. The molecular formula is C28H42N6O6S. The lowest BCUT2D eigenvalue weighted by atomic mass is 9.96. The predicted molar refractivity (Wildman–Crippen MR) is 154 cm³/mol. The summed E-state index contributed by atoms with van der Waals surface area (Å²) < 4.78 is 35.6.